The predicted molar refractivity (Wildman–Crippen MR) is 100 cm³/mol. The summed E-state index contributed by atoms with van der Waals surface area (Å²) in [5.41, 5.74) is 1.30. The maximum atomic E-state index is 13.6. The van der Waals surface area contributed by atoms with Crippen LogP contribution in [0.4, 0.5) is 4.39 Å². The van der Waals surface area contributed by atoms with E-state index in [1.54, 1.807) is 18.2 Å². The van der Waals surface area contributed by atoms with E-state index in [9.17, 15) is 9.50 Å². The van der Waals surface area contributed by atoms with Gasteiger partial charge in [0.05, 0.1) is 19.3 Å². The van der Waals surface area contributed by atoms with Gasteiger partial charge in [-0.2, -0.15) is 0 Å². The van der Waals surface area contributed by atoms with E-state index >= 15 is 0 Å². The smallest absolute Gasteiger partial charge is 0.128 e. The van der Waals surface area contributed by atoms with Gasteiger partial charge in [-0.15, -0.1) is 12.4 Å². The Morgan fingerprint density at radius 2 is 2.00 bits per heavy atom. The molecule has 1 aliphatic carbocycles. The molecule has 0 aromatic heterocycles. The van der Waals surface area contributed by atoms with Crippen LogP contribution in [0.15, 0.2) is 24.3 Å². The van der Waals surface area contributed by atoms with Gasteiger partial charge in [0.1, 0.15) is 5.82 Å². The molecule has 5 heteroatoms. The normalized spacial score (nSPS) is 29.2. The van der Waals surface area contributed by atoms with Crippen molar-refractivity contribution in [2.75, 3.05) is 19.7 Å². The first-order chi connectivity index (χ1) is 11.3. The number of hydrogen-bond donors (Lipinski definition) is 1. The summed E-state index contributed by atoms with van der Waals surface area (Å²) in [6.07, 6.45) is 3.17. The molecule has 1 saturated carbocycles. The van der Waals surface area contributed by atoms with E-state index in [2.05, 4.69) is 25.7 Å². The van der Waals surface area contributed by atoms with E-state index in [0.29, 0.717) is 29.0 Å². The Kier molecular flexibility index (Phi) is 6.53. The summed E-state index contributed by atoms with van der Waals surface area (Å²) in [4.78, 5) is 2.44. The SMILES string of the molecule is CC1(C)CC2CC(C)(CN2CC(O)COCc2ccccc2F)C1.Cl. The highest BCUT2D eigenvalue weighted by atomic mass is 35.5. The van der Waals surface area contributed by atoms with E-state index in [-0.39, 0.29) is 31.4 Å². The molecule has 1 aromatic carbocycles. The van der Waals surface area contributed by atoms with Gasteiger partial charge in [-0.3, -0.25) is 4.90 Å². The molecule has 3 rings (SSSR count). The maximum absolute atomic E-state index is 13.6. The molecule has 1 N–H and O–H groups in total. The molecule has 1 aromatic rings. The standard InChI is InChI=1S/C20H30FNO2.ClH/c1-19(2)8-16-9-20(3,13-19)14-22(16)10-17(23)12-24-11-15-6-4-5-7-18(15)21;/h4-7,16-17,23H,8-14H2,1-3H3;1H. The second kappa shape index (κ2) is 7.91. The van der Waals surface area contributed by atoms with Gasteiger partial charge >= 0.3 is 0 Å². The third kappa shape index (κ3) is 5.16. The maximum Gasteiger partial charge on any atom is 0.128 e. The van der Waals surface area contributed by atoms with Crippen LogP contribution in [0.5, 0.6) is 0 Å². The van der Waals surface area contributed by atoms with Crippen LogP contribution in [0, 0.1) is 16.6 Å². The van der Waals surface area contributed by atoms with Gasteiger partial charge in [0, 0.05) is 24.7 Å². The van der Waals surface area contributed by atoms with Crippen molar-refractivity contribution >= 4 is 12.4 Å². The lowest BCUT2D eigenvalue weighted by Crippen LogP contribution is -2.39. The van der Waals surface area contributed by atoms with Gasteiger partial charge in [0.25, 0.3) is 0 Å². The Balaban J connectivity index is 0.00000225. The average Bonchev–Trinajstić information content (AvgIpc) is 2.69. The van der Waals surface area contributed by atoms with Gasteiger partial charge in [-0.1, -0.05) is 39.0 Å². The lowest BCUT2D eigenvalue weighted by atomic mass is 9.65. The van der Waals surface area contributed by atoms with Crippen molar-refractivity contribution in [2.24, 2.45) is 10.8 Å². The summed E-state index contributed by atoms with van der Waals surface area (Å²) in [5.74, 6) is -0.254. The number of likely N-dealkylation sites (tertiary alicyclic amines) is 1. The van der Waals surface area contributed by atoms with E-state index in [0.717, 1.165) is 6.54 Å². The van der Waals surface area contributed by atoms with Crippen LogP contribution in [0.1, 0.15) is 45.6 Å². The monoisotopic (exact) mass is 371 g/mol. The van der Waals surface area contributed by atoms with Crippen molar-refractivity contribution in [3.63, 3.8) is 0 Å². The molecule has 1 aliphatic heterocycles. The first kappa shape index (κ1) is 20.6. The average molecular weight is 372 g/mol. The molecule has 142 valence electrons. The molecule has 0 radical (unpaired) electrons. The summed E-state index contributed by atoms with van der Waals surface area (Å²) in [7, 11) is 0. The van der Waals surface area contributed by atoms with Gasteiger partial charge in [-0.05, 0) is 36.2 Å². The Morgan fingerprint density at radius 1 is 1.28 bits per heavy atom. The van der Waals surface area contributed by atoms with Crippen LogP contribution in [-0.4, -0.2) is 41.8 Å². The minimum absolute atomic E-state index is 0. The zero-order valence-corrected chi connectivity index (χ0v) is 16.3. The number of ether oxygens (including phenoxy) is 1. The summed E-state index contributed by atoms with van der Waals surface area (Å²) >= 11 is 0. The minimum Gasteiger partial charge on any atom is -0.389 e. The summed E-state index contributed by atoms with van der Waals surface area (Å²) < 4.78 is 19.1. The molecular formula is C20H31ClFNO2. The Hall–Kier alpha value is -0.680. The van der Waals surface area contributed by atoms with E-state index in [4.69, 9.17) is 4.74 Å². The molecule has 3 atom stereocenters. The largest absolute Gasteiger partial charge is 0.389 e. The molecule has 0 amide bonds. The van der Waals surface area contributed by atoms with Crippen LogP contribution in [0.25, 0.3) is 0 Å². The number of aliphatic hydroxyl groups is 1. The Labute approximate surface area is 157 Å². The summed E-state index contributed by atoms with van der Waals surface area (Å²) in [6.45, 7) is 9.25. The zero-order valence-electron chi connectivity index (χ0n) is 15.5. The molecule has 25 heavy (non-hydrogen) atoms. The number of β-amino-alcohol motifs (C(OH)–C–C–N with tert-alkyl or cyclic N) is 1. The molecule has 2 aliphatic rings. The quantitative estimate of drug-likeness (QED) is 0.819. The molecular weight excluding hydrogens is 341 g/mol. The predicted octanol–water partition coefficient (Wildman–Crippen LogP) is 4.03. The van der Waals surface area contributed by atoms with E-state index < -0.39 is 6.10 Å². The molecule has 2 fully saturated rings. The third-order valence-corrected chi connectivity index (χ3v) is 5.49. The fourth-order valence-corrected chi connectivity index (χ4v) is 5.03. The number of fused-ring (bicyclic) bond motifs is 2. The van der Waals surface area contributed by atoms with Crippen molar-refractivity contribution in [1.82, 2.24) is 4.90 Å². The zero-order chi connectivity index (χ0) is 17.4. The molecule has 1 saturated heterocycles. The van der Waals surface area contributed by atoms with Gasteiger partial charge in [-0.25, -0.2) is 4.39 Å². The van der Waals surface area contributed by atoms with Crippen molar-refractivity contribution < 1.29 is 14.2 Å². The highest BCUT2D eigenvalue weighted by molar-refractivity contribution is 5.85. The second-order valence-corrected chi connectivity index (χ2v) is 8.90. The van der Waals surface area contributed by atoms with Crippen LogP contribution < -0.4 is 0 Å². The summed E-state index contributed by atoms with van der Waals surface area (Å²) in [5, 5.41) is 10.3. The fourth-order valence-electron chi connectivity index (χ4n) is 5.03. The van der Waals surface area contributed by atoms with Crippen molar-refractivity contribution in [2.45, 2.75) is 58.8 Å². The second-order valence-electron chi connectivity index (χ2n) is 8.90. The van der Waals surface area contributed by atoms with Crippen LogP contribution >= 0.6 is 12.4 Å². The van der Waals surface area contributed by atoms with Gasteiger partial charge in [0.2, 0.25) is 0 Å². The van der Waals surface area contributed by atoms with Crippen LogP contribution in [0.2, 0.25) is 0 Å². The number of aliphatic hydroxyl groups excluding tert-OH is 1. The molecule has 1 heterocycles. The van der Waals surface area contributed by atoms with Crippen molar-refractivity contribution in [3.05, 3.63) is 35.6 Å². The molecule has 3 nitrogen and oxygen atoms in total. The first-order valence-electron chi connectivity index (χ1n) is 9.00. The topological polar surface area (TPSA) is 32.7 Å². The van der Waals surface area contributed by atoms with Crippen molar-refractivity contribution in [3.8, 4) is 0 Å². The highest BCUT2D eigenvalue weighted by Gasteiger charge is 2.49. The van der Waals surface area contributed by atoms with Crippen molar-refractivity contribution in [1.29, 1.82) is 0 Å². The van der Waals surface area contributed by atoms with E-state index in [1.807, 2.05) is 0 Å². The highest BCUT2D eigenvalue weighted by Crippen LogP contribution is 2.52. The lowest BCUT2D eigenvalue weighted by Gasteiger charge is -2.40. The van der Waals surface area contributed by atoms with Crippen LogP contribution in [-0.2, 0) is 11.3 Å². The fraction of sp³-hybridized carbons (Fsp3) is 0.700. The molecule has 3 unspecified atom stereocenters. The third-order valence-electron chi connectivity index (χ3n) is 5.49. The number of hydrogen-bond acceptors (Lipinski definition) is 3. The number of benzene rings is 1. The number of rotatable bonds is 6. The van der Waals surface area contributed by atoms with Gasteiger partial charge in [0.15, 0.2) is 0 Å². The first-order valence-corrected chi connectivity index (χ1v) is 9.00. The van der Waals surface area contributed by atoms with Gasteiger partial charge < -0.3 is 9.84 Å². The number of halogens is 2. The summed E-state index contributed by atoms with van der Waals surface area (Å²) in [6, 6.07) is 7.18. The Bertz CT molecular complexity index is 583. The van der Waals surface area contributed by atoms with Crippen LogP contribution in [0.3, 0.4) is 0 Å². The van der Waals surface area contributed by atoms with E-state index in [1.165, 1.54) is 25.3 Å². The lowest BCUT2D eigenvalue weighted by molar-refractivity contribution is 0.00536. The molecule has 2 bridgehead atoms. The Morgan fingerprint density at radius 3 is 2.72 bits per heavy atom. The molecule has 0 spiro atoms. The number of nitrogens with zero attached hydrogens (tertiary/aromatic N) is 1. The minimum atomic E-state index is -0.525.